The molecule has 0 atom stereocenters. The highest BCUT2D eigenvalue weighted by molar-refractivity contribution is 6.03. The van der Waals surface area contributed by atoms with E-state index in [1.54, 1.807) is 23.1 Å². The number of carbonyl (C=O) groups excluding carboxylic acids is 2. The molecule has 2 aliphatic rings. The smallest absolute Gasteiger partial charge is 0.233 e. The summed E-state index contributed by atoms with van der Waals surface area (Å²) in [6.45, 7) is 7.17. The molecule has 2 aromatic rings. The van der Waals surface area contributed by atoms with Gasteiger partial charge in [-0.2, -0.15) is 0 Å². The standard InChI is InChI=1S/C22H25N3O4/c1-15-4-3-5-18(16(15)2)24-8-10-25(11-9-24)22(27)13-21(26)23-17-6-7-19-20(12-17)29-14-28-19/h3-7,12H,8-11,13-14H2,1-2H3,(H,23,26). The van der Waals surface area contributed by atoms with Gasteiger partial charge in [-0.3, -0.25) is 9.59 Å². The second-order valence-corrected chi connectivity index (χ2v) is 7.38. The predicted molar refractivity (Wildman–Crippen MR) is 111 cm³/mol. The van der Waals surface area contributed by atoms with Gasteiger partial charge in [0.05, 0.1) is 0 Å². The number of piperazine rings is 1. The molecule has 4 rings (SSSR count). The molecule has 7 nitrogen and oxygen atoms in total. The van der Waals surface area contributed by atoms with Gasteiger partial charge in [-0.1, -0.05) is 12.1 Å². The number of rotatable bonds is 4. The lowest BCUT2D eigenvalue weighted by Crippen LogP contribution is -2.49. The molecule has 152 valence electrons. The maximum Gasteiger partial charge on any atom is 0.233 e. The maximum atomic E-state index is 12.6. The Kier molecular flexibility index (Phi) is 5.29. The lowest BCUT2D eigenvalue weighted by atomic mass is 10.1. The quantitative estimate of drug-likeness (QED) is 0.806. The van der Waals surface area contributed by atoms with Crippen LogP contribution < -0.4 is 19.7 Å². The van der Waals surface area contributed by atoms with Crippen molar-refractivity contribution in [2.24, 2.45) is 0 Å². The lowest BCUT2D eigenvalue weighted by Gasteiger charge is -2.37. The Morgan fingerprint density at radius 3 is 2.55 bits per heavy atom. The topological polar surface area (TPSA) is 71.1 Å². The van der Waals surface area contributed by atoms with E-state index in [1.807, 2.05) is 0 Å². The SMILES string of the molecule is Cc1cccc(N2CCN(C(=O)CC(=O)Nc3ccc4c(c3)OCO4)CC2)c1C. The van der Waals surface area contributed by atoms with Crippen molar-refractivity contribution in [1.29, 1.82) is 0 Å². The molecular weight excluding hydrogens is 370 g/mol. The van der Waals surface area contributed by atoms with E-state index < -0.39 is 0 Å². The molecule has 1 fully saturated rings. The van der Waals surface area contributed by atoms with Crippen LogP contribution in [0.4, 0.5) is 11.4 Å². The average Bonchev–Trinajstić information content (AvgIpc) is 3.18. The van der Waals surface area contributed by atoms with Gasteiger partial charge in [-0.15, -0.1) is 0 Å². The largest absolute Gasteiger partial charge is 0.454 e. The molecule has 0 aliphatic carbocycles. The fraction of sp³-hybridized carbons (Fsp3) is 0.364. The Labute approximate surface area is 170 Å². The van der Waals surface area contributed by atoms with Crippen LogP contribution in [0.15, 0.2) is 36.4 Å². The molecule has 29 heavy (non-hydrogen) atoms. The zero-order valence-electron chi connectivity index (χ0n) is 16.7. The van der Waals surface area contributed by atoms with E-state index in [-0.39, 0.29) is 25.0 Å². The number of fused-ring (bicyclic) bond motifs is 1. The van der Waals surface area contributed by atoms with E-state index in [1.165, 1.54) is 16.8 Å². The van der Waals surface area contributed by atoms with Crippen molar-refractivity contribution in [2.75, 3.05) is 43.2 Å². The van der Waals surface area contributed by atoms with E-state index >= 15 is 0 Å². The van der Waals surface area contributed by atoms with E-state index in [2.05, 4.69) is 42.3 Å². The summed E-state index contributed by atoms with van der Waals surface area (Å²) in [7, 11) is 0. The molecule has 2 amide bonds. The first-order chi connectivity index (χ1) is 14.0. The van der Waals surface area contributed by atoms with Crippen LogP contribution in [0.5, 0.6) is 11.5 Å². The second kappa shape index (κ2) is 8.03. The van der Waals surface area contributed by atoms with Gasteiger partial charge in [0.15, 0.2) is 11.5 Å². The molecule has 0 radical (unpaired) electrons. The molecule has 1 N–H and O–H groups in total. The lowest BCUT2D eigenvalue weighted by molar-refractivity contribution is -0.134. The monoisotopic (exact) mass is 395 g/mol. The molecule has 2 aromatic carbocycles. The van der Waals surface area contributed by atoms with Gasteiger partial charge >= 0.3 is 0 Å². The highest BCUT2D eigenvalue weighted by Gasteiger charge is 2.24. The fourth-order valence-electron chi connectivity index (χ4n) is 3.70. The Hall–Kier alpha value is -3.22. The molecular formula is C22H25N3O4. The number of hydrogen-bond donors (Lipinski definition) is 1. The van der Waals surface area contributed by atoms with Crippen LogP contribution in [0.1, 0.15) is 17.5 Å². The number of nitrogens with zero attached hydrogens (tertiary/aromatic N) is 2. The Balaban J connectivity index is 1.29. The van der Waals surface area contributed by atoms with Crippen LogP contribution >= 0.6 is 0 Å². The highest BCUT2D eigenvalue weighted by atomic mass is 16.7. The number of aryl methyl sites for hydroxylation is 1. The van der Waals surface area contributed by atoms with Gasteiger partial charge in [0.25, 0.3) is 0 Å². The van der Waals surface area contributed by atoms with Crippen LogP contribution in [0, 0.1) is 13.8 Å². The van der Waals surface area contributed by atoms with Crippen molar-refractivity contribution >= 4 is 23.2 Å². The summed E-state index contributed by atoms with van der Waals surface area (Å²) in [4.78, 5) is 28.9. The van der Waals surface area contributed by atoms with Crippen LogP contribution in [0.2, 0.25) is 0 Å². The number of amides is 2. The summed E-state index contributed by atoms with van der Waals surface area (Å²) in [6.07, 6.45) is -0.169. The predicted octanol–water partition coefficient (Wildman–Crippen LogP) is 2.71. The first-order valence-corrected chi connectivity index (χ1v) is 9.80. The minimum Gasteiger partial charge on any atom is -0.454 e. The molecule has 0 unspecified atom stereocenters. The molecule has 2 heterocycles. The molecule has 0 aromatic heterocycles. The van der Waals surface area contributed by atoms with Crippen molar-refractivity contribution in [3.63, 3.8) is 0 Å². The molecule has 0 spiro atoms. The summed E-state index contributed by atoms with van der Waals surface area (Å²) in [5.74, 6) is 0.771. The van der Waals surface area contributed by atoms with E-state index in [9.17, 15) is 9.59 Å². The third-order valence-corrected chi connectivity index (χ3v) is 5.52. The summed E-state index contributed by atoms with van der Waals surface area (Å²) in [5, 5.41) is 2.76. The fourth-order valence-corrected chi connectivity index (χ4v) is 3.70. The summed E-state index contributed by atoms with van der Waals surface area (Å²) >= 11 is 0. The minimum absolute atomic E-state index is 0.149. The number of hydrogen-bond acceptors (Lipinski definition) is 5. The molecule has 2 aliphatic heterocycles. The van der Waals surface area contributed by atoms with Gasteiger partial charge in [0.1, 0.15) is 6.42 Å². The van der Waals surface area contributed by atoms with Crippen LogP contribution in [-0.4, -0.2) is 49.7 Å². The summed E-state index contributed by atoms with van der Waals surface area (Å²) < 4.78 is 10.6. The summed E-state index contributed by atoms with van der Waals surface area (Å²) in [5.41, 5.74) is 4.35. The Bertz CT molecular complexity index is 936. The van der Waals surface area contributed by atoms with Gasteiger partial charge < -0.3 is 24.6 Å². The Morgan fingerprint density at radius 1 is 1.00 bits per heavy atom. The van der Waals surface area contributed by atoms with Crippen molar-refractivity contribution in [2.45, 2.75) is 20.3 Å². The third kappa shape index (κ3) is 4.13. The van der Waals surface area contributed by atoms with Gasteiger partial charge in [0, 0.05) is 43.6 Å². The minimum atomic E-state index is -0.328. The molecule has 1 saturated heterocycles. The molecule has 7 heteroatoms. The van der Waals surface area contributed by atoms with Crippen molar-refractivity contribution in [3.05, 3.63) is 47.5 Å². The van der Waals surface area contributed by atoms with Crippen molar-refractivity contribution in [1.82, 2.24) is 4.90 Å². The van der Waals surface area contributed by atoms with Crippen molar-refractivity contribution < 1.29 is 19.1 Å². The average molecular weight is 395 g/mol. The normalized spacial score (nSPS) is 15.4. The van der Waals surface area contributed by atoms with Gasteiger partial charge in [0.2, 0.25) is 18.6 Å². The summed E-state index contributed by atoms with van der Waals surface area (Å²) in [6, 6.07) is 11.5. The van der Waals surface area contributed by atoms with E-state index in [0.29, 0.717) is 30.3 Å². The van der Waals surface area contributed by atoms with Crippen LogP contribution in [0.25, 0.3) is 0 Å². The number of nitrogens with one attached hydrogen (secondary N) is 1. The van der Waals surface area contributed by atoms with E-state index in [0.717, 1.165) is 13.1 Å². The number of benzene rings is 2. The van der Waals surface area contributed by atoms with Gasteiger partial charge in [-0.25, -0.2) is 0 Å². The van der Waals surface area contributed by atoms with Crippen LogP contribution in [-0.2, 0) is 9.59 Å². The maximum absolute atomic E-state index is 12.6. The second-order valence-electron chi connectivity index (χ2n) is 7.38. The first kappa shape index (κ1) is 19.1. The molecule has 0 bridgehead atoms. The van der Waals surface area contributed by atoms with E-state index in [4.69, 9.17) is 9.47 Å². The Morgan fingerprint density at radius 2 is 1.76 bits per heavy atom. The number of anilines is 2. The highest BCUT2D eigenvalue weighted by Crippen LogP contribution is 2.34. The van der Waals surface area contributed by atoms with Crippen LogP contribution in [0.3, 0.4) is 0 Å². The number of carbonyl (C=O) groups is 2. The zero-order chi connectivity index (χ0) is 20.4. The zero-order valence-corrected chi connectivity index (χ0v) is 16.7. The third-order valence-electron chi connectivity index (χ3n) is 5.52. The first-order valence-electron chi connectivity index (χ1n) is 9.80. The van der Waals surface area contributed by atoms with Crippen molar-refractivity contribution in [3.8, 4) is 11.5 Å². The van der Waals surface area contributed by atoms with Gasteiger partial charge in [-0.05, 0) is 43.2 Å². The number of ether oxygens (including phenoxy) is 2. The molecule has 0 saturated carbocycles.